The molecule has 0 spiro atoms. The number of hydrogen-bond donors (Lipinski definition) is 0. The lowest BCUT2D eigenvalue weighted by Crippen LogP contribution is -1.96. The summed E-state index contributed by atoms with van der Waals surface area (Å²) < 4.78 is 29.0. The molecule has 0 unspecified atom stereocenters. The van der Waals surface area contributed by atoms with E-state index in [4.69, 9.17) is 0 Å². The van der Waals surface area contributed by atoms with Crippen molar-refractivity contribution in [1.82, 2.24) is 0 Å². The Morgan fingerprint density at radius 3 is 2.24 bits per heavy atom. The molecule has 0 N–H and O–H groups in total. The molecule has 0 nitrogen and oxygen atoms in total. The van der Waals surface area contributed by atoms with Crippen molar-refractivity contribution >= 4 is 21.5 Å². The third-order valence-electron chi connectivity index (χ3n) is 4.98. The smallest absolute Gasteiger partial charge is 0.166 e. The van der Waals surface area contributed by atoms with E-state index in [2.05, 4.69) is 32.0 Å². The van der Waals surface area contributed by atoms with Crippen LogP contribution in [-0.2, 0) is 12.8 Å². The minimum Gasteiger partial charge on any atom is -0.203 e. The number of benzene rings is 3. The first-order valence-corrected chi connectivity index (χ1v) is 9.47. The van der Waals surface area contributed by atoms with E-state index >= 15 is 0 Å². The number of aryl methyl sites for hydroxylation is 2. The molecular formula is C23H26F2. The molecule has 3 aromatic carbocycles. The Balaban J connectivity index is 2.04. The van der Waals surface area contributed by atoms with Gasteiger partial charge in [-0.05, 0) is 71.2 Å². The molecule has 0 bridgehead atoms. The Hall–Kier alpha value is -1.96. The van der Waals surface area contributed by atoms with Crippen molar-refractivity contribution in [1.29, 1.82) is 0 Å². The Morgan fingerprint density at radius 1 is 0.680 bits per heavy atom. The van der Waals surface area contributed by atoms with Crippen LogP contribution in [0.4, 0.5) is 8.78 Å². The molecule has 132 valence electrons. The molecule has 0 heterocycles. The van der Waals surface area contributed by atoms with Crippen molar-refractivity contribution in [3.05, 3.63) is 59.2 Å². The Morgan fingerprint density at radius 2 is 1.48 bits per heavy atom. The topological polar surface area (TPSA) is 0 Å². The molecule has 0 aromatic heterocycles. The van der Waals surface area contributed by atoms with E-state index in [1.807, 2.05) is 12.1 Å². The molecule has 25 heavy (non-hydrogen) atoms. The van der Waals surface area contributed by atoms with Crippen molar-refractivity contribution < 1.29 is 8.78 Å². The van der Waals surface area contributed by atoms with Gasteiger partial charge in [0.1, 0.15) is 0 Å². The third-order valence-corrected chi connectivity index (χ3v) is 4.98. The molecule has 2 heteroatoms. The molecule has 0 saturated heterocycles. The molecule has 0 fully saturated rings. The van der Waals surface area contributed by atoms with Crippen LogP contribution in [0.1, 0.15) is 57.1 Å². The van der Waals surface area contributed by atoms with Gasteiger partial charge in [0.25, 0.3) is 0 Å². The number of unbranched alkanes of at least 4 members (excludes halogenated alkanes) is 3. The SMILES string of the molecule is CCCCCc1ccc2cc3cc(CCCC)c(F)c(F)c3cc2c1. The van der Waals surface area contributed by atoms with Crippen LogP contribution >= 0.6 is 0 Å². The zero-order valence-corrected chi connectivity index (χ0v) is 15.2. The van der Waals surface area contributed by atoms with E-state index < -0.39 is 11.6 Å². The van der Waals surface area contributed by atoms with Gasteiger partial charge in [0, 0.05) is 5.39 Å². The molecule has 0 saturated carbocycles. The first kappa shape index (κ1) is 17.8. The molecule has 3 aromatic rings. The average Bonchev–Trinajstić information content (AvgIpc) is 2.62. The number of halogens is 2. The number of fused-ring (bicyclic) bond motifs is 2. The van der Waals surface area contributed by atoms with E-state index in [1.165, 1.54) is 24.8 Å². The van der Waals surface area contributed by atoms with Crippen LogP contribution in [0.15, 0.2) is 36.4 Å². The Bertz CT molecular complexity index is 880. The van der Waals surface area contributed by atoms with Crippen LogP contribution < -0.4 is 0 Å². The predicted octanol–water partition coefficient (Wildman–Crippen LogP) is 7.35. The van der Waals surface area contributed by atoms with Gasteiger partial charge in [-0.1, -0.05) is 51.3 Å². The fraction of sp³-hybridized carbons (Fsp3) is 0.391. The standard InChI is InChI=1S/C23H26F2/c1-3-5-7-8-16-10-11-17-13-20-14-18(9-6-4-2)22(24)23(25)21(20)15-19(17)12-16/h10-15H,3-9H2,1-2H3. The minimum absolute atomic E-state index is 0.385. The fourth-order valence-electron chi connectivity index (χ4n) is 3.47. The van der Waals surface area contributed by atoms with Gasteiger partial charge in [-0.15, -0.1) is 0 Å². The van der Waals surface area contributed by atoms with E-state index in [0.717, 1.165) is 35.4 Å². The summed E-state index contributed by atoms with van der Waals surface area (Å²) >= 11 is 0. The maximum Gasteiger partial charge on any atom is 0.166 e. The lowest BCUT2D eigenvalue weighted by atomic mass is 9.96. The van der Waals surface area contributed by atoms with Crippen molar-refractivity contribution in [2.75, 3.05) is 0 Å². The van der Waals surface area contributed by atoms with E-state index in [-0.39, 0.29) is 0 Å². The van der Waals surface area contributed by atoms with E-state index in [9.17, 15) is 8.78 Å². The summed E-state index contributed by atoms with van der Waals surface area (Å²) in [4.78, 5) is 0. The molecule has 0 atom stereocenters. The second-order valence-electron chi connectivity index (χ2n) is 6.98. The van der Waals surface area contributed by atoms with Crippen LogP contribution in [0.3, 0.4) is 0 Å². The van der Waals surface area contributed by atoms with Gasteiger partial charge in [-0.25, -0.2) is 8.78 Å². The highest BCUT2D eigenvalue weighted by molar-refractivity contribution is 5.99. The third kappa shape index (κ3) is 3.84. The van der Waals surface area contributed by atoms with Crippen LogP contribution in [0.2, 0.25) is 0 Å². The summed E-state index contributed by atoms with van der Waals surface area (Å²) in [6.45, 7) is 4.25. The molecule has 3 rings (SSSR count). The second kappa shape index (κ2) is 7.95. The quantitative estimate of drug-likeness (QED) is 0.311. The van der Waals surface area contributed by atoms with Crippen LogP contribution in [0, 0.1) is 11.6 Å². The van der Waals surface area contributed by atoms with Gasteiger partial charge in [0.15, 0.2) is 11.6 Å². The van der Waals surface area contributed by atoms with E-state index in [0.29, 0.717) is 17.4 Å². The molecular weight excluding hydrogens is 314 g/mol. The van der Waals surface area contributed by atoms with Gasteiger partial charge in [-0.3, -0.25) is 0 Å². The molecule has 0 radical (unpaired) electrons. The van der Waals surface area contributed by atoms with Crippen molar-refractivity contribution in [2.45, 2.75) is 58.8 Å². The van der Waals surface area contributed by atoms with Crippen LogP contribution in [-0.4, -0.2) is 0 Å². The van der Waals surface area contributed by atoms with Crippen molar-refractivity contribution in [2.24, 2.45) is 0 Å². The van der Waals surface area contributed by atoms with Gasteiger partial charge < -0.3 is 0 Å². The lowest BCUT2D eigenvalue weighted by molar-refractivity contribution is 0.505. The van der Waals surface area contributed by atoms with Gasteiger partial charge >= 0.3 is 0 Å². The maximum absolute atomic E-state index is 14.6. The minimum atomic E-state index is -0.707. The van der Waals surface area contributed by atoms with E-state index in [1.54, 1.807) is 6.07 Å². The van der Waals surface area contributed by atoms with Gasteiger partial charge in [0.2, 0.25) is 0 Å². The summed E-state index contributed by atoms with van der Waals surface area (Å²) in [5.41, 5.74) is 1.75. The summed E-state index contributed by atoms with van der Waals surface area (Å²) in [5, 5.41) is 3.24. The zero-order chi connectivity index (χ0) is 17.8. The highest BCUT2D eigenvalue weighted by Crippen LogP contribution is 2.30. The maximum atomic E-state index is 14.6. The fourth-order valence-corrected chi connectivity index (χ4v) is 3.47. The Labute approximate surface area is 148 Å². The second-order valence-corrected chi connectivity index (χ2v) is 6.98. The van der Waals surface area contributed by atoms with Gasteiger partial charge in [-0.2, -0.15) is 0 Å². The normalized spacial score (nSPS) is 11.5. The highest BCUT2D eigenvalue weighted by atomic mass is 19.2. The average molecular weight is 340 g/mol. The summed E-state index contributed by atoms with van der Waals surface area (Å²) in [5.74, 6) is -1.39. The summed E-state index contributed by atoms with van der Waals surface area (Å²) in [6, 6.07) is 12.0. The monoisotopic (exact) mass is 340 g/mol. The van der Waals surface area contributed by atoms with Crippen molar-refractivity contribution in [3.63, 3.8) is 0 Å². The summed E-state index contributed by atoms with van der Waals surface area (Å²) in [6.07, 6.45) is 7.05. The van der Waals surface area contributed by atoms with Gasteiger partial charge in [0.05, 0.1) is 0 Å². The van der Waals surface area contributed by atoms with Crippen molar-refractivity contribution in [3.8, 4) is 0 Å². The molecule has 0 aliphatic heterocycles. The predicted molar refractivity (Wildman–Crippen MR) is 103 cm³/mol. The zero-order valence-electron chi connectivity index (χ0n) is 15.2. The highest BCUT2D eigenvalue weighted by Gasteiger charge is 2.14. The first-order chi connectivity index (χ1) is 12.1. The lowest BCUT2D eigenvalue weighted by Gasteiger charge is -2.10. The summed E-state index contributed by atoms with van der Waals surface area (Å²) in [7, 11) is 0. The molecule has 0 aliphatic rings. The largest absolute Gasteiger partial charge is 0.203 e. The molecule has 0 amide bonds. The van der Waals surface area contributed by atoms with Crippen LogP contribution in [0.25, 0.3) is 21.5 Å². The number of rotatable bonds is 7. The van der Waals surface area contributed by atoms with Crippen LogP contribution in [0.5, 0.6) is 0 Å². The first-order valence-electron chi connectivity index (χ1n) is 9.47. The molecule has 0 aliphatic carbocycles. The Kier molecular flexibility index (Phi) is 5.67. The number of hydrogen-bond acceptors (Lipinski definition) is 0.